The Balaban J connectivity index is 2.97. The highest BCUT2D eigenvalue weighted by Crippen LogP contribution is 2.23. The smallest absolute Gasteiger partial charge is 0.270 e. The molecule has 0 heterocycles. The average Bonchev–Trinajstić information content (AvgIpc) is 2.25. The Morgan fingerprint density at radius 2 is 1.81 bits per heavy atom. The molecule has 0 aliphatic heterocycles. The zero-order chi connectivity index (χ0) is 12.2. The first-order valence-corrected chi connectivity index (χ1v) is 6.36. The second-order valence-corrected chi connectivity index (χ2v) is 5.12. The maximum absolute atomic E-state index is 11.1. The third-order valence-corrected chi connectivity index (χ3v) is 3.59. The van der Waals surface area contributed by atoms with E-state index in [2.05, 4.69) is 0 Å². The summed E-state index contributed by atoms with van der Waals surface area (Å²) in [7, 11) is -4.30. The monoisotopic (exact) mass is 245 g/mol. The number of aliphatic hydroxyl groups is 1. The summed E-state index contributed by atoms with van der Waals surface area (Å²) in [5, 5.41) is 8.57. The van der Waals surface area contributed by atoms with Crippen LogP contribution in [0.25, 0.3) is 0 Å². The SMILES string of the molecule is NCC[C@@H]([C@H](O)c1ccccc1)S(=O)(=O)O. The zero-order valence-electron chi connectivity index (χ0n) is 8.65. The van der Waals surface area contributed by atoms with Crippen LogP contribution in [0, 0.1) is 0 Å². The second kappa shape index (κ2) is 5.40. The molecule has 1 aromatic rings. The molecule has 6 heteroatoms. The molecule has 0 saturated carbocycles. The Morgan fingerprint density at radius 3 is 2.25 bits per heavy atom. The van der Waals surface area contributed by atoms with Crippen LogP contribution >= 0.6 is 0 Å². The molecule has 0 amide bonds. The first-order chi connectivity index (χ1) is 7.46. The molecular weight excluding hydrogens is 230 g/mol. The van der Waals surface area contributed by atoms with E-state index in [1.807, 2.05) is 0 Å². The fraction of sp³-hybridized carbons (Fsp3) is 0.400. The Bertz CT molecular complexity index is 418. The van der Waals surface area contributed by atoms with E-state index in [9.17, 15) is 13.5 Å². The summed E-state index contributed by atoms with van der Waals surface area (Å²) in [4.78, 5) is 0. The molecule has 1 rings (SSSR count). The summed E-state index contributed by atoms with van der Waals surface area (Å²) in [5.74, 6) is 0. The lowest BCUT2D eigenvalue weighted by atomic mass is 10.0. The molecule has 90 valence electrons. The van der Waals surface area contributed by atoms with Crippen molar-refractivity contribution in [2.24, 2.45) is 5.73 Å². The van der Waals surface area contributed by atoms with Gasteiger partial charge in [0, 0.05) is 0 Å². The summed E-state index contributed by atoms with van der Waals surface area (Å²) in [6.07, 6.45) is -1.26. The molecule has 0 fully saturated rings. The molecular formula is C10H15NO4S. The number of hydrogen-bond donors (Lipinski definition) is 3. The van der Waals surface area contributed by atoms with Gasteiger partial charge in [0.1, 0.15) is 5.25 Å². The van der Waals surface area contributed by atoms with E-state index in [-0.39, 0.29) is 13.0 Å². The fourth-order valence-electron chi connectivity index (χ4n) is 1.50. The van der Waals surface area contributed by atoms with Crippen LogP contribution in [0.2, 0.25) is 0 Å². The van der Waals surface area contributed by atoms with E-state index in [0.29, 0.717) is 5.56 Å². The third kappa shape index (κ3) is 3.28. The molecule has 0 saturated heterocycles. The van der Waals surface area contributed by atoms with Gasteiger partial charge in [-0.25, -0.2) is 0 Å². The summed E-state index contributed by atoms with van der Waals surface area (Å²) < 4.78 is 31.1. The first kappa shape index (κ1) is 13.1. The lowest BCUT2D eigenvalue weighted by Gasteiger charge is -2.19. The zero-order valence-corrected chi connectivity index (χ0v) is 9.47. The van der Waals surface area contributed by atoms with Gasteiger partial charge in [0.05, 0.1) is 6.10 Å². The van der Waals surface area contributed by atoms with E-state index < -0.39 is 21.5 Å². The van der Waals surface area contributed by atoms with Crippen molar-refractivity contribution < 1.29 is 18.1 Å². The van der Waals surface area contributed by atoms with E-state index in [0.717, 1.165) is 0 Å². The Morgan fingerprint density at radius 1 is 1.25 bits per heavy atom. The highest BCUT2D eigenvalue weighted by Gasteiger charge is 2.31. The number of nitrogens with two attached hydrogens (primary N) is 1. The van der Waals surface area contributed by atoms with Crippen LogP contribution in [0.4, 0.5) is 0 Å². The van der Waals surface area contributed by atoms with Crippen molar-refractivity contribution in [2.45, 2.75) is 17.8 Å². The van der Waals surface area contributed by atoms with Crippen molar-refractivity contribution >= 4 is 10.1 Å². The largest absolute Gasteiger partial charge is 0.387 e. The van der Waals surface area contributed by atoms with Crippen LogP contribution in [0.15, 0.2) is 30.3 Å². The highest BCUT2D eigenvalue weighted by atomic mass is 32.2. The molecule has 5 nitrogen and oxygen atoms in total. The molecule has 0 radical (unpaired) electrons. The van der Waals surface area contributed by atoms with Crippen LogP contribution in [-0.4, -0.2) is 29.9 Å². The van der Waals surface area contributed by atoms with Gasteiger partial charge in [-0.3, -0.25) is 4.55 Å². The minimum Gasteiger partial charge on any atom is -0.387 e. The van der Waals surface area contributed by atoms with Gasteiger partial charge in [-0.05, 0) is 18.5 Å². The molecule has 0 aliphatic carbocycles. The lowest BCUT2D eigenvalue weighted by molar-refractivity contribution is 0.164. The predicted molar refractivity (Wildman–Crippen MR) is 60.4 cm³/mol. The van der Waals surface area contributed by atoms with E-state index >= 15 is 0 Å². The average molecular weight is 245 g/mol. The van der Waals surface area contributed by atoms with Gasteiger partial charge < -0.3 is 10.8 Å². The van der Waals surface area contributed by atoms with Crippen LogP contribution < -0.4 is 5.73 Å². The van der Waals surface area contributed by atoms with E-state index in [1.165, 1.54) is 0 Å². The number of rotatable bonds is 5. The second-order valence-electron chi connectivity index (χ2n) is 3.49. The lowest BCUT2D eigenvalue weighted by Crippen LogP contribution is -2.30. The Kier molecular flexibility index (Phi) is 4.43. The molecule has 16 heavy (non-hydrogen) atoms. The van der Waals surface area contributed by atoms with Gasteiger partial charge >= 0.3 is 0 Å². The summed E-state index contributed by atoms with van der Waals surface area (Å²) in [5.41, 5.74) is 5.70. The fourth-order valence-corrected chi connectivity index (χ4v) is 2.42. The summed E-state index contributed by atoms with van der Waals surface area (Å²) in [6.45, 7) is 0.0777. The van der Waals surface area contributed by atoms with Gasteiger partial charge in [0.15, 0.2) is 0 Å². The molecule has 2 atom stereocenters. The van der Waals surface area contributed by atoms with E-state index in [1.54, 1.807) is 30.3 Å². The van der Waals surface area contributed by atoms with Crippen LogP contribution in [0.5, 0.6) is 0 Å². The van der Waals surface area contributed by atoms with Crippen LogP contribution in [0.1, 0.15) is 18.1 Å². The van der Waals surface area contributed by atoms with Crippen molar-refractivity contribution in [3.05, 3.63) is 35.9 Å². The normalized spacial score (nSPS) is 15.7. The Labute approximate surface area is 94.7 Å². The van der Waals surface area contributed by atoms with Crippen molar-refractivity contribution in [2.75, 3.05) is 6.54 Å². The Hall–Kier alpha value is -0.950. The van der Waals surface area contributed by atoms with Crippen molar-refractivity contribution in [1.82, 2.24) is 0 Å². The minimum absolute atomic E-state index is 0.00882. The third-order valence-electron chi connectivity index (χ3n) is 2.33. The summed E-state index contributed by atoms with van der Waals surface area (Å²) in [6, 6.07) is 8.31. The molecule has 4 N–H and O–H groups in total. The molecule has 0 aromatic heterocycles. The maximum atomic E-state index is 11.1. The quantitative estimate of drug-likeness (QED) is 0.649. The van der Waals surface area contributed by atoms with Crippen molar-refractivity contribution in [1.29, 1.82) is 0 Å². The van der Waals surface area contributed by atoms with Gasteiger partial charge in [0.2, 0.25) is 0 Å². The summed E-state index contributed by atoms with van der Waals surface area (Å²) >= 11 is 0. The van der Waals surface area contributed by atoms with E-state index in [4.69, 9.17) is 10.3 Å². The standard InChI is InChI=1S/C10H15NO4S/c11-7-6-9(16(13,14)15)10(12)8-4-2-1-3-5-8/h1-5,9-10,12H,6-7,11H2,(H,13,14,15)/t9-,10+/m0/s1. The van der Waals surface area contributed by atoms with Gasteiger partial charge in [-0.2, -0.15) is 8.42 Å². The van der Waals surface area contributed by atoms with Crippen LogP contribution in [-0.2, 0) is 10.1 Å². The molecule has 0 spiro atoms. The topological polar surface area (TPSA) is 101 Å². The first-order valence-electron chi connectivity index (χ1n) is 4.86. The molecule has 1 aromatic carbocycles. The molecule has 0 unspecified atom stereocenters. The minimum atomic E-state index is -4.30. The van der Waals surface area contributed by atoms with Crippen molar-refractivity contribution in [3.8, 4) is 0 Å². The van der Waals surface area contributed by atoms with Gasteiger partial charge in [0.25, 0.3) is 10.1 Å². The molecule has 0 bridgehead atoms. The highest BCUT2D eigenvalue weighted by molar-refractivity contribution is 7.86. The molecule has 0 aliphatic rings. The van der Waals surface area contributed by atoms with Crippen LogP contribution in [0.3, 0.4) is 0 Å². The maximum Gasteiger partial charge on any atom is 0.270 e. The number of benzene rings is 1. The van der Waals surface area contributed by atoms with Crippen molar-refractivity contribution in [3.63, 3.8) is 0 Å². The number of aliphatic hydroxyl groups excluding tert-OH is 1. The predicted octanol–water partition coefficient (Wildman–Crippen LogP) is 0.325. The number of hydrogen-bond acceptors (Lipinski definition) is 4. The van der Waals surface area contributed by atoms with Gasteiger partial charge in [-0.15, -0.1) is 0 Å². The van der Waals surface area contributed by atoms with Gasteiger partial charge in [-0.1, -0.05) is 30.3 Å².